The van der Waals surface area contributed by atoms with Crippen molar-refractivity contribution >= 4 is 15.9 Å². The van der Waals surface area contributed by atoms with Gasteiger partial charge < -0.3 is 5.32 Å². The molecule has 1 aliphatic rings. The van der Waals surface area contributed by atoms with Gasteiger partial charge in [-0.1, -0.05) is 42.5 Å². The maximum absolute atomic E-state index is 12.9. The number of sulfonamides is 1. The van der Waals surface area contributed by atoms with E-state index in [0.717, 1.165) is 11.1 Å². The molecule has 1 fully saturated rings. The number of amides is 1. The van der Waals surface area contributed by atoms with Crippen molar-refractivity contribution in [3.8, 4) is 0 Å². The number of nitrogens with zero attached hydrogens (tertiary/aromatic N) is 2. The van der Waals surface area contributed by atoms with Crippen LogP contribution in [0.1, 0.15) is 11.1 Å². The Bertz CT molecular complexity index is 897. The molecule has 6 nitrogen and oxygen atoms in total. The van der Waals surface area contributed by atoms with Gasteiger partial charge in [-0.25, -0.2) is 12.8 Å². The molecule has 0 aliphatic carbocycles. The van der Waals surface area contributed by atoms with Crippen molar-refractivity contribution in [3.05, 3.63) is 71.5 Å². The maximum Gasteiger partial charge on any atom is 0.234 e. The molecule has 1 N–H and O–H groups in total. The first-order valence-corrected chi connectivity index (χ1v) is 11.3. The van der Waals surface area contributed by atoms with E-state index in [0.29, 0.717) is 39.1 Å². The van der Waals surface area contributed by atoms with Crippen LogP contribution in [0.4, 0.5) is 4.39 Å². The molecular formula is C21H26FN3O3S. The lowest BCUT2D eigenvalue weighted by Crippen LogP contribution is -2.51. The standard InChI is InChI=1S/C21H26FN3O3S/c22-20-8-6-18(7-9-20)10-11-23-21(26)16-24-12-14-25(15-13-24)29(27,28)17-19-4-2-1-3-5-19/h1-9H,10-17H2,(H,23,26). The molecule has 1 saturated heterocycles. The monoisotopic (exact) mass is 419 g/mol. The van der Waals surface area contributed by atoms with E-state index in [1.807, 2.05) is 35.2 Å². The number of carbonyl (C=O) groups excluding carboxylic acids is 1. The van der Waals surface area contributed by atoms with Crippen LogP contribution in [0.5, 0.6) is 0 Å². The molecule has 29 heavy (non-hydrogen) atoms. The number of nitrogens with one attached hydrogen (secondary N) is 1. The smallest absolute Gasteiger partial charge is 0.234 e. The van der Waals surface area contributed by atoms with Crippen LogP contribution >= 0.6 is 0 Å². The minimum absolute atomic E-state index is 0.00227. The predicted molar refractivity (Wildman–Crippen MR) is 110 cm³/mol. The van der Waals surface area contributed by atoms with Crippen LogP contribution in [0.2, 0.25) is 0 Å². The van der Waals surface area contributed by atoms with E-state index < -0.39 is 10.0 Å². The van der Waals surface area contributed by atoms with E-state index in [2.05, 4.69) is 5.32 Å². The van der Waals surface area contributed by atoms with Crippen LogP contribution in [0.25, 0.3) is 0 Å². The number of benzene rings is 2. The summed E-state index contributed by atoms with van der Waals surface area (Å²) in [7, 11) is -3.36. The normalized spacial score (nSPS) is 15.9. The first-order chi connectivity index (χ1) is 13.9. The molecule has 1 heterocycles. The van der Waals surface area contributed by atoms with E-state index in [1.54, 1.807) is 12.1 Å². The summed E-state index contributed by atoms with van der Waals surface area (Å²) in [5.41, 5.74) is 1.74. The Labute approximate surface area is 171 Å². The lowest BCUT2D eigenvalue weighted by Gasteiger charge is -2.33. The summed E-state index contributed by atoms with van der Waals surface area (Å²) < 4.78 is 39.6. The Balaban J connectivity index is 1.38. The first kappa shape index (κ1) is 21.4. The van der Waals surface area contributed by atoms with Gasteiger partial charge in [0.25, 0.3) is 0 Å². The third kappa shape index (κ3) is 6.62. The SMILES string of the molecule is O=C(CN1CCN(S(=O)(=O)Cc2ccccc2)CC1)NCCc1ccc(F)cc1. The van der Waals surface area contributed by atoms with Crippen LogP contribution in [0.3, 0.4) is 0 Å². The van der Waals surface area contributed by atoms with Gasteiger partial charge in [0.05, 0.1) is 12.3 Å². The summed E-state index contributed by atoms with van der Waals surface area (Å²) in [4.78, 5) is 14.1. The minimum Gasteiger partial charge on any atom is -0.355 e. The molecule has 2 aromatic carbocycles. The molecule has 0 atom stereocenters. The Morgan fingerprint density at radius 1 is 0.931 bits per heavy atom. The van der Waals surface area contributed by atoms with E-state index in [-0.39, 0.29) is 24.0 Å². The summed E-state index contributed by atoms with van der Waals surface area (Å²) in [6, 6.07) is 15.4. The van der Waals surface area contributed by atoms with Gasteiger partial charge in [-0.2, -0.15) is 4.31 Å². The molecular weight excluding hydrogens is 393 g/mol. The van der Waals surface area contributed by atoms with Crippen LogP contribution in [-0.4, -0.2) is 62.8 Å². The summed E-state index contributed by atoms with van der Waals surface area (Å²) in [6.07, 6.45) is 0.636. The molecule has 0 aromatic heterocycles. The maximum atomic E-state index is 12.9. The van der Waals surface area contributed by atoms with Gasteiger partial charge in [0, 0.05) is 32.7 Å². The zero-order chi connectivity index (χ0) is 20.7. The van der Waals surface area contributed by atoms with E-state index in [1.165, 1.54) is 16.4 Å². The highest BCUT2D eigenvalue weighted by Crippen LogP contribution is 2.13. The van der Waals surface area contributed by atoms with Crippen molar-refractivity contribution in [3.63, 3.8) is 0 Å². The highest BCUT2D eigenvalue weighted by atomic mass is 32.2. The Kier molecular flexibility index (Phi) is 7.35. The lowest BCUT2D eigenvalue weighted by atomic mass is 10.1. The van der Waals surface area contributed by atoms with E-state index >= 15 is 0 Å². The number of carbonyl (C=O) groups is 1. The molecule has 8 heteroatoms. The summed E-state index contributed by atoms with van der Waals surface area (Å²) >= 11 is 0. The number of hydrogen-bond donors (Lipinski definition) is 1. The topological polar surface area (TPSA) is 69.7 Å². The second-order valence-corrected chi connectivity index (χ2v) is 9.11. The molecule has 0 spiro atoms. The van der Waals surface area contributed by atoms with Crippen molar-refractivity contribution in [2.24, 2.45) is 0 Å². The average Bonchev–Trinajstić information content (AvgIpc) is 2.70. The first-order valence-electron chi connectivity index (χ1n) is 9.68. The van der Waals surface area contributed by atoms with Crippen LogP contribution in [0, 0.1) is 5.82 Å². The van der Waals surface area contributed by atoms with Crippen molar-refractivity contribution in [2.45, 2.75) is 12.2 Å². The highest BCUT2D eigenvalue weighted by Gasteiger charge is 2.27. The lowest BCUT2D eigenvalue weighted by molar-refractivity contribution is -0.122. The average molecular weight is 420 g/mol. The second-order valence-electron chi connectivity index (χ2n) is 7.14. The third-order valence-electron chi connectivity index (χ3n) is 4.93. The van der Waals surface area contributed by atoms with Crippen molar-refractivity contribution in [1.82, 2.24) is 14.5 Å². The Hall–Kier alpha value is -2.29. The molecule has 1 aliphatic heterocycles. The fourth-order valence-corrected chi connectivity index (χ4v) is 4.81. The van der Waals surface area contributed by atoms with Crippen molar-refractivity contribution in [2.75, 3.05) is 39.3 Å². The van der Waals surface area contributed by atoms with Gasteiger partial charge in [-0.05, 0) is 29.7 Å². The van der Waals surface area contributed by atoms with Crippen molar-refractivity contribution in [1.29, 1.82) is 0 Å². The second kappa shape index (κ2) is 9.96. The molecule has 0 unspecified atom stereocenters. The Morgan fingerprint density at radius 3 is 2.24 bits per heavy atom. The third-order valence-corrected chi connectivity index (χ3v) is 6.78. The molecule has 0 radical (unpaired) electrons. The van der Waals surface area contributed by atoms with Gasteiger partial charge in [-0.3, -0.25) is 9.69 Å². The van der Waals surface area contributed by atoms with Gasteiger partial charge in [0.1, 0.15) is 5.82 Å². The molecule has 156 valence electrons. The summed E-state index contributed by atoms with van der Waals surface area (Å²) in [6.45, 7) is 2.56. The van der Waals surface area contributed by atoms with Crippen LogP contribution in [0.15, 0.2) is 54.6 Å². The number of rotatable bonds is 8. The molecule has 3 rings (SSSR count). The largest absolute Gasteiger partial charge is 0.355 e. The Morgan fingerprint density at radius 2 is 1.59 bits per heavy atom. The highest BCUT2D eigenvalue weighted by molar-refractivity contribution is 7.88. The van der Waals surface area contributed by atoms with Gasteiger partial charge in [-0.15, -0.1) is 0 Å². The zero-order valence-corrected chi connectivity index (χ0v) is 17.1. The fourth-order valence-electron chi connectivity index (χ4n) is 3.30. The van der Waals surface area contributed by atoms with Crippen LogP contribution in [-0.2, 0) is 27.0 Å². The zero-order valence-electron chi connectivity index (χ0n) is 16.3. The van der Waals surface area contributed by atoms with Gasteiger partial charge in [0.2, 0.25) is 15.9 Å². The number of halogens is 1. The molecule has 0 bridgehead atoms. The van der Waals surface area contributed by atoms with Crippen molar-refractivity contribution < 1.29 is 17.6 Å². The van der Waals surface area contributed by atoms with Crippen LogP contribution < -0.4 is 5.32 Å². The minimum atomic E-state index is -3.36. The van der Waals surface area contributed by atoms with E-state index in [9.17, 15) is 17.6 Å². The predicted octanol–water partition coefficient (Wildman–Crippen LogP) is 1.63. The number of piperazine rings is 1. The quantitative estimate of drug-likeness (QED) is 0.706. The number of hydrogen-bond acceptors (Lipinski definition) is 4. The van der Waals surface area contributed by atoms with Gasteiger partial charge in [0.15, 0.2) is 0 Å². The molecule has 1 amide bonds. The summed E-state index contributed by atoms with van der Waals surface area (Å²) in [5, 5.41) is 2.86. The summed E-state index contributed by atoms with van der Waals surface area (Å²) in [5.74, 6) is -0.368. The van der Waals surface area contributed by atoms with E-state index in [4.69, 9.17) is 0 Å². The molecule has 0 saturated carbocycles. The molecule has 2 aromatic rings. The van der Waals surface area contributed by atoms with Gasteiger partial charge >= 0.3 is 0 Å². The fraction of sp³-hybridized carbons (Fsp3) is 0.381.